The highest BCUT2D eigenvalue weighted by atomic mass is 35.5. The molecule has 0 atom stereocenters. The van der Waals surface area contributed by atoms with E-state index < -0.39 is 11.5 Å². The molecule has 7 nitrogen and oxygen atoms in total. The number of carbonyl (C=O) groups excluding carboxylic acids is 1. The minimum absolute atomic E-state index is 0.00619. The molecule has 162 valence electrons. The molecule has 1 fully saturated rings. The number of piperazine rings is 1. The molecule has 0 radical (unpaired) electrons. The topological polar surface area (TPSA) is 75.0 Å². The van der Waals surface area contributed by atoms with Gasteiger partial charge in [0.1, 0.15) is 5.56 Å². The number of amides is 1. The minimum Gasteiger partial charge on any atom is -0.493 e. The van der Waals surface area contributed by atoms with E-state index in [1.165, 1.54) is 7.11 Å². The SMILES string of the molecule is COc1cccc2cc(C(=O)NCCN3CCN(c4ccc(Cl)cc4)CC3)c(=O)oc12. The zero-order valence-corrected chi connectivity index (χ0v) is 18.0. The molecule has 3 aromatic rings. The first kappa shape index (κ1) is 21.2. The van der Waals surface area contributed by atoms with E-state index in [-0.39, 0.29) is 5.56 Å². The first-order valence-corrected chi connectivity index (χ1v) is 10.5. The molecule has 1 N–H and O–H groups in total. The highest BCUT2D eigenvalue weighted by molar-refractivity contribution is 6.30. The second-order valence-electron chi connectivity index (χ2n) is 7.39. The molecule has 4 rings (SSSR count). The van der Waals surface area contributed by atoms with Gasteiger partial charge in [-0.05, 0) is 36.4 Å². The van der Waals surface area contributed by atoms with E-state index in [1.54, 1.807) is 24.3 Å². The van der Waals surface area contributed by atoms with Gasteiger partial charge in [0, 0.05) is 55.4 Å². The van der Waals surface area contributed by atoms with E-state index in [4.69, 9.17) is 20.8 Å². The lowest BCUT2D eigenvalue weighted by Crippen LogP contribution is -2.48. The first-order chi connectivity index (χ1) is 15.0. The molecule has 0 saturated carbocycles. The van der Waals surface area contributed by atoms with Crippen LogP contribution in [0, 0.1) is 0 Å². The van der Waals surface area contributed by atoms with Gasteiger partial charge in [-0.3, -0.25) is 9.69 Å². The number of nitrogens with zero attached hydrogens (tertiary/aromatic N) is 2. The number of nitrogens with one attached hydrogen (secondary N) is 1. The number of hydrogen-bond donors (Lipinski definition) is 1. The van der Waals surface area contributed by atoms with Crippen molar-refractivity contribution in [3.63, 3.8) is 0 Å². The molecule has 2 heterocycles. The number of methoxy groups -OCH3 is 1. The minimum atomic E-state index is -0.675. The van der Waals surface area contributed by atoms with Gasteiger partial charge in [0.25, 0.3) is 5.91 Å². The normalized spacial score (nSPS) is 14.6. The highest BCUT2D eigenvalue weighted by Crippen LogP contribution is 2.24. The Hall–Kier alpha value is -3.03. The van der Waals surface area contributed by atoms with Crippen molar-refractivity contribution in [2.75, 3.05) is 51.3 Å². The van der Waals surface area contributed by atoms with E-state index >= 15 is 0 Å². The van der Waals surface area contributed by atoms with Gasteiger partial charge in [-0.15, -0.1) is 0 Å². The van der Waals surface area contributed by atoms with Crippen LogP contribution in [0.3, 0.4) is 0 Å². The highest BCUT2D eigenvalue weighted by Gasteiger charge is 2.18. The Morgan fingerprint density at radius 3 is 2.58 bits per heavy atom. The zero-order valence-electron chi connectivity index (χ0n) is 17.3. The summed E-state index contributed by atoms with van der Waals surface area (Å²) in [5.41, 5.74) is 0.821. The summed E-state index contributed by atoms with van der Waals surface area (Å²) in [5.74, 6) is 0.0255. The molecule has 0 bridgehead atoms. The maximum absolute atomic E-state index is 12.5. The van der Waals surface area contributed by atoms with Gasteiger partial charge in [-0.1, -0.05) is 23.7 Å². The standard InChI is InChI=1S/C23H24ClN3O4/c1-30-20-4-2-3-16-15-19(23(29)31-21(16)20)22(28)25-9-10-26-11-13-27(14-12-26)18-7-5-17(24)6-8-18/h2-8,15H,9-14H2,1H3,(H,25,28). The number of benzene rings is 2. The summed E-state index contributed by atoms with van der Waals surface area (Å²) < 4.78 is 10.5. The number of rotatable bonds is 6. The van der Waals surface area contributed by atoms with Gasteiger partial charge in [-0.2, -0.15) is 0 Å². The Balaban J connectivity index is 1.30. The fraction of sp³-hybridized carbons (Fsp3) is 0.304. The van der Waals surface area contributed by atoms with Gasteiger partial charge in [-0.25, -0.2) is 4.79 Å². The molecule has 1 aliphatic rings. The van der Waals surface area contributed by atoms with Crippen LogP contribution in [0.4, 0.5) is 5.69 Å². The van der Waals surface area contributed by atoms with Crippen molar-refractivity contribution >= 4 is 34.2 Å². The number of anilines is 1. The number of para-hydroxylation sites is 1. The van der Waals surface area contributed by atoms with Crippen LogP contribution in [0.2, 0.25) is 5.02 Å². The lowest BCUT2D eigenvalue weighted by molar-refractivity contribution is 0.0944. The van der Waals surface area contributed by atoms with E-state index in [9.17, 15) is 9.59 Å². The van der Waals surface area contributed by atoms with Crippen molar-refractivity contribution in [1.29, 1.82) is 0 Å². The summed E-state index contributed by atoms with van der Waals surface area (Å²) in [6, 6.07) is 14.7. The third kappa shape index (κ3) is 4.84. The Labute approximate surface area is 185 Å². The van der Waals surface area contributed by atoms with Crippen molar-refractivity contribution in [1.82, 2.24) is 10.2 Å². The van der Waals surface area contributed by atoms with Crippen molar-refractivity contribution in [2.45, 2.75) is 0 Å². The average molecular weight is 442 g/mol. The fourth-order valence-corrected chi connectivity index (χ4v) is 3.87. The second kappa shape index (κ2) is 9.41. The van der Waals surface area contributed by atoms with Crippen LogP contribution >= 0.6 is 11.6 Å². The van der Waals surface area contributed by atoms with E-state index in [0.717, 1.165) is 36.9 Å². The molecule has 0 spiro atoms. The Morgan fingerprint density at radius 2 is 1.87 bits per heavy atom. The van der Waals surface area contributed by atoms with Crippen molar-refractivity contribution < 1.29 is 13.9 Å². The van der Waals surface area contributed by atoms with Crippen molar-refractivity contribution in [3.05, 3.63) is 69.5 Å². The van der Waals surface area contributed by atoms with Crippen LogP contribution < -0.4 is 20.6 Å². The largest absolute Gasteiger partial charge is 0.493 e. The summed E-state index contributed by atoms with van der Waals surface area (Å²) in [7, 11) is 1.50. The fourth-order valence-electron chi connectivity index (χ4n) is 3.74. The van der Waals surface area contributed by atoms with Crippen molar-refractivity contribution in [3.8, 4) is 5.75 Å². The molecule has 1 aliphatic heterocycles. The number of ether oxygens (including phenoxy) is 1. The average Bonchev–Trinajstić information content (AvgIpc) is 2.79. The van der Waals surface area contributed by atoms with Gasteiger partial charge < -0.3 is 19.4 Å². The molecule has 1 saturated heterocycles. The van der Waals surface area contributed by atoms with E-state index in [1.807, 2.05) is 24.3 Å². The molecule has 0 unspecified atom stereocenters. The van der Waals surface area contributed by atoms with Crippen LogP contribution in [-0.4, -0.2) is 57.2 Å². The Bertz CT molecular complexity index is 1120. The number of fused-ring (bicyclic) bond motifs is 1. The first-order valence-electron chi connectivity index (χ1n) is 10.2. The molecule has 8 heteroatoms. The Kier molecular flexibility index (Phi) is 6.44. The van der Waals surface area contributed by atoms with Crippen LogP contribution in [0.1, 0.15) is 10.4 Å². The number of hydrogen-bond acceptors (Lipinski definition) is 6. The lowest BCUT2D eigenvalue weighted by atomic mass is 10.1. The quantitative estimate of drug-likeness (QED) is 0.593. The van der Waals surface area contributed by atoms with E-state index in [2.05, 4.69) is 15.1 Å². The zero-order chi connectivity index (χ0) is 21.8. The molecule has 0 aliphatic carbocycles. The molecule has 1 amide bonds. The van der Waals surface area contributed by atoms with Gasteiger partial charge in [0.2, 0.25) is 0 Å². The van der Waals surface area contributed by atoms with Gasteiger partial charge >= 0.3 is 5.63 Å². The summed E-state index contributed by atoms with van der Waals surface area (Å²) in [6.07, 6.45) is 0. The number of halogens is 1. The monoisotopic (exact) mass is 441 g/mol. The number of carbonyl (C=O) groups is 1. The summed E-state index contributed by atoms with van der Waals surface area (Å²) >= 11 is 5.96. The molecule has 31 heavy (non-hydrogen) atoms. The summed E-state index contributed by atoms with van der Waals surface area (Å²) in [6.45, 7) is 4.78. The summed E-state index contributed by atoms with van der Waals surface area (Å²) in [4.78, 5) is 29.4. The Morgan fingerprint density at radius 1 is 1.13 bits per heavy atom. The summed E-state index contributed by atoms with van der Waals surface area (Å²) in [5, 5.41) is 4.20. The molecular formula is C23H24ClN3O4. The maximum Gasteiger partial charge on any atom is 0.349 e. The maximum atomic E-state index is 12.5. The smallest absolute Gasteiger partial charge is 0.349 e. The molecule has 1 aromatic heterocycles. The predicted molar refractivity (Wildman–Crippen MR) is 121 cm³/mol. The van der Waals surface area contributed by atoms with Gasteiger partial charge in [0.15, 0.2) is 11.3 Å². The van der Waals surface area contributed by atoms with Crippen LogP contribution in [0.25, 0.3) is 11.0 Å². The third-order valence-electron chi connectivity index (χ3n) is 5.47. The predicted octanol–water partition coefficient (Wildman–Crippen LogP) is 3.01. The van der Waals surface area contributed by atoms with Crippen LogP contribution in [0.5, 0.6) is 5.75 Å². The third-order valence-corrected chi connectivity index (χ3v) is 5.72. The molecular weight excluding hydrogens is 418 g/mol. The van der Waals surface area contributed by atoms with E-state index in [0.29, 0.717) is 29.8 Å². The lowest BCUT2D eigenvalue weighted by Gasteiger charge is -2.36. The second-order valence-corrected chi connectivity index (χ2v) is 7.82. The molecule has 2 aromatic carbocycles. The van der Waals surface area contributed by atoms with Crippen molar-refractivity contribution in [2.24, 2.45) is 0 Å². The van der Waals surface area contributed by atoms with Gasteiger partial charge in [0.05, 0.1) is 7.11 Å². The van der Waals surface area contributed by atoms with Crippen LogP contribution in [-0.2, 0) is 0 Å². The van der Waals surface area contributed by atoms with Crippen LogP contribution in [0.15, 0.2) is 57.7 Å².